The van der Waals surface area contributed by atoms with Crippen LogP contribution in [-0.2, 0) is 4.74 Å². The van der Waals surface area contributed by atoms with Crippen molar-refractivity contribution in [1.82, 2.24) is 4.98 Å². The molecule has 0 fully saturated rings. The van der Waals surface area contributed by atoms with E-state index in [1.54, 1.807) is 18.4 Å². The first-order valence-corrected chi connectivity index (χ1v) is 6.49. The van der Waals surface area contributed by atoms with Crippen LogP contribution in [0.3, 0.4) is 0 Å². The van der Waals surface area contributed by atoms with Gasteiger partial charge in [-0.05, 0) is 26.2 Å². The maximum absolute atomic E-state index is 6.14. The van der Waals surface area contributed by atoms with Crippen LogP contribution in [0.1, 0.15) is 56.8 Å². The van der Waals surface area contributed by atoms with Gasteiger partial charge in [0, 0.05) is 12.5 Å². The monoisotopic (exact) mass is 242 g/mol. The van der Waals surface area contributed by atoms with Crippen LogP contribution in [0.25, 0.3) is 0 Å². The summed E-state index contributed by atoms with van der Waals surface area (Å²) in [5.74, 6) is 0.465. The molecule has 1 aromatic rings. The number of thiazole rings is 1. The molecule has 4 heteroatoms. The van der Waals surface area contributed by atoms with Crippen molar-refractivity contribution in [2.45, 2.75) is 51.7 Å². The zero-order chi connectivity index (χ0) is 12.3. The lowest BCUT2D eigenvalue weighted by Crippen LogP contribution is -2.28. The van der Waals surface area contributed by atoms with Gasteiger partial charge in [0.15, 0.2) is 0 Å². The Kier molecular flexibility index (Phi) is 4.47. The molecule has 0 aromatic carbocycles. The Morgan fingerprint density at radius 2 is 2.12 bits per heavy atom. The van der Waals surface area contributed by atoms with Gasteiger partial charge in [0.05, 0.1) is 17.3 Å². The number of nitrogens with zero attached hydrogens (tertiary/aromatic N) is 1. The highest BCUT2D eigenvalue weighted by Crippen LogP contribution is 2.27. The van der Waals surface area contributed by atoms with Crippen LogP contribution in [0, 0.1) is 0 Å². The van der Waals surface area contributed by atoms with Crippen molar-refractivity contribution in [3.8, 4) is 0 Å². The summed E-state index contributed by atoms with van der Waals surface area (Å²) in [7, 11) is 1.72. The third-order valence-corrected chi connectivity index (χ3v) is 3.71. The molecule has 0 saturated carbocycles. The average molecular weight is 242 g/mol. The average Bonchev–Trinajstić information content (AvgIpc) is 2.66. The largest absolute Gasteiger partial charge is 0.379 e. The van der Waals surface area contributed by atoms with E-state index in [1.807, 2.05) is 13.8 Å². The molecule has 0 aliphatic heterocycles. The summed E-state index contributed by atoms with van der Waals surface area (Å²) >= 11 is 1.65. The van der Waals surface area contributed by atoms with Gasteiger partial charge in [-0.1, -0.05) is 13.8 Å². The first-order chi connectivity index (χ1) is 7.35. The quantitative estimate of drug-likeness (QED) is 0.863. The fraction of sp³-hybridized carbons (Fsp3) is 0.750. The smallest absolute Gasteiger partial charge is 0.110 e. The second-order valence-electron chi connectivity index (χ2n) is 5.04. The molecule has 0 aliphatic carbocycles. The predicted molar refractivity (Wildman–Crippen MR) is 68.8 cm³/mol. The second kappa shape index (κ2) is 5.25. The van der Waals surface area contributed by atoms with E-state index in [0.717, 1.165) is 17.1 Å². The minimum atomic E-state index is -0.191. The van der Waals surface area contributed by atoms with E-state index in [0.29, 0.717) is 5.92 Å². The summed E-state index contributed by atoms with van der Waals surface area (Å²) < 4.78 is 5.38. The van der Waals surface area contributed by atoms with Gasteiger partial charge in [0.25, 0.3) is 0 Å². The second-order valence-corrected chi connectivity index (χ2v) is 5.93. The van der Waals surface area contributed by atoms with Crippen molar-refractivity contribution in [3.63, 3.8) is 0 Å². The van der Waals surface area contributed by atoms with E-state index in [9.17, 15) is 0 Å². The topological polar surface area (TPSA) is 48.1 Å². The minimum Gasteiger partial charge on any atom is -0.379 e. The van der Waals surface area contributed by atoms with Gasteiger partial charge < -0.3 is 10.5 Å². The first kappa shape index (κ1) is 13.6. The number of rotatable bonds is 5. The van der Waals surface area contributed by atoms with Crippen molar-refractivity contribution >= 4 is 11.3 Å². The Hall–Kier alpha value is -0.450. The van der Waals surface area contributed by atoms with E-state index in [-0.39, 0.29) is 11.6 Å². The normalized spacial score (nSPS) is 14.4. The van der Waals surface area contributed by atoms with Crippen molar-refractivity contribution in [1.29, 1.82) is 0 Å². The summed E-state index contributed by atoms with van der Waals surface area (Å²) in [5.41, 5.74) is 7.08. The van der Waals surface area contributed by atoms with Crippen LogP contribution in [0.4, 0.5) is 0 Å². The van der Waals surface area contributed by atoms with Crippen LogP contribution in [-0.4, -0.2) is 17.7 Å². The van der Waals surface area contributed by atoms with Crippen molar-refractivity contribution < 1.29 is 4.74 Å². The molecular formula is C12H22N2OS. The fourth-order valence-corrected chi connectivity index (χ4v) is 2.42. The summed E-state index contributed by atoms with van der Waals surface area (Å²) in [5, 5.41) is 3.11. The van der Waals surface area contributed by atoms with Crippen molar-refractivity contribution in [3.05, 3.63) is 16.1 Å². The Morgan fingerprint density at radius 1 is 1.50 bits per heavy atom. The lowest BCUT2D eigenvalue weighted by Gasteiger charge is -2.25. The van der Waals surface area contributed by atoms with E-state index in [2.05, 4.69) is 24.2 Å². The molecule has 0 bridgehead atoms. The van der Waals surface area contributed by atoms with Gasteiger partial charge >= 0.3 is 0 Å². The molecule has 3 nitrogen and oxygen atoms in total. The summed E-state index contributed by atoms with van der Waals surface area (Å²) in [6.45, 7) is 8.38. The van der Waals surface area contributed by atoms with Gasteiger partial charge in [-0.15, -0.1) is 11.3 Å². The van der Waals surface area contributed by atoms with Gasteiger partial charge in [0.2, 0.25) is 0 Å². The lowest BCUT2D eigenvalue weighted by atomic mass is 10.00. The number of hydrogen-bond donors (Lipinski definition) is 1. The molecule has 0 radical (unpaired) electrons. The molecule has 1 heterocycles. The Balaban J connectivity index is 2.69. The van der Waals surface area contributed by atoms with E-state index >= 15 is 0 Å². The molecule has 0 saturated heterocycles. The molecule has 92 valence electrons. The van der Waals surface area contributed by atoms with Crippen LogP contribution < -0.4 is 5.73 Å². The van der Waals surface area contributed by atoms with Gasteiger partial charge in [0.1, 0.15) is 5.01 Å². The maximum Gasteiger partial charge on any atom is 0.110 e. The third kappa shape index (κ3) is 3.54. The van der Waals surface area contributed by atoms with Crippen LogP contribution in [0.2, 0.25) is 0 Å². The molecule has 0 spiro atoms. The number of hydrogen-bond acceptors (Lipinski definition) is 4. The van der Waals surface area contributed by atoms with Gasteiger partial charge in [-0.3, -0.25) is 0 Å². The van der Waals surface area contributed by atoms with Gasteiger partial charge in [-0.2, -0.15) is 0 Å². The zero-order valence-corrected chi connectivity index (χ0v) is 11.6. The molecule has 1 atom stereocenters. The van der Waals surface area contributed by atoms with E-state index in [1.165, 1.54) is 0 Å². The first-order valence-electron chi connectivity index (χ1n) is 5.62. The van der Waals surface area contributed by atoms with E-state index < -0.39 is 0 Å². The Labute approximate surface area is 102 Å². The molecule has 2 N–H and O–H groups in total. The van der Waals surface area contributed by atoms with E-state index in [4.69, 9.17) is 10.5 Å². The summed E-state index contributed by atoms with van der Waals surface area (Å²) in [6.07, 6.45) is 0.786. The highest BCUT2D eigenvalue weighted by Gasteiger charge is 2.23. The van der Waals surface area contributed by atoms with Crippen molar-refractivity contribution in [2.24, 2.45) is 5.73 Å². The Morgan fingerprint density at radius 3 is 2.56 bits per heavy atom. The summed E-state index contributed by atoms with van der Waals surface area (Å²) in [6, 6.07) is -0.0348. The molecule has 1 unspecified atom stereocenters. The van der Waals surface area contributed by atoms with Crippen molar-refractivity contribution in [2.75, 3.05) is 7.11 Å². The Bertz CT molecular complexity index is 334. The fourth-order valence-electron chi connectivity index (χ4n) is 1.44. The highest BCUT2D eigenvalue weighted by atomic mass is 32.1. The minimum absolute atomic E-state index is 0.0348. The number of aromatic nitrogens is 1. The van der Waals surface area contributed by atoms with Crippen LogP contribution in [0.5, 0.6) is 0 Å². The lowest BCUT2D eigenvalue weighted by molar-refractivity contribution is 0.00993. The molecule has 0 amide bonds. The number of methoxy groups -OCH3 is 1. The number of ether oxygens (including phenoxy) is 1. The third-order valence-electron chi connectivity index (χ3n) is 2.71. The summed E-state index contributed by atoms with van der Waals surface area (Å²) in [4.78, 5) is 4.57. The predicted octanol–water partition coefficient (Wildman–Crippen LogP) is 3.08. The highest BCUT2D eigenvalue weighted by molar-refractivity contribution is 7.09. The number of nitrogens with two attached hydrogens (primary N) is 1. The molecule has 0 aliphatic rings. The SMILES string of the molecule is COC(C)(C)CC(N)c1nc(C(C)C)cs1. The molecular weight excluding hydrogens is 220 g/mol. The van der Waals surface area contributed by atoms with Crippen LogP contribution >= 0.6 is 11.3 Å². The standard InChI is InChI=1S/C12H22N2OS/c1-8(2)10-7-16-11(14-10)9(13)6-12(3,4)15-5/h7-9H,6,13H2,1-5H3. The molecule has 1 aromatic heterocycles. The molecule has 16 heavy (non-hydrogen) atoms. The van der Waals surface area contributed by atoms with Gasteiger partial charge in [-0.25, -0.2) is 4.98 Å². The maximum atomic E-state index is 6.14. The van der Waals surface area contributed by atoms with Crippen LogP contribution in [0.15, 0.2) is 5.38 Å². The zero-order valence-electron chi connectivity index (χ0n) is 10.8. The molecule has 1 rings (SSSR count).